The summed E-state index contributed by atoms with van der Waals surface area (Å²) in [6.45, 7) is 0. The zero-order chi connectivity index (χ0) is 18.0. The molecule has 3 aromatic rings. The van der Waals surface area contributed by atoms with Gasteiger partial charge in [0.15, 0.2) is 14.2 Å². The summed E-state index contributed by atoms with van der Waals surface area (Å²) in [6, 6.07) is 12.2. The van der Waals surface area contributed by atoms with E-state index in [1.165, 1.54) is 6.26 Å². The smallest absolute Gasteiger partial charge is 0.255 e. The fourth-order valence-corrected chi connectivity index (χ4v) is 4.65. The summed E-state index contributed by atoms with van der Waals surface area (Å²) < 4.78 is 24.6. The van der Waals surface area contributed by atoms with E-state index >= 15 is 0 Å². The molecular formula is C17H16N2O3S3. The molecule has 0 atom stereocenters. The molecule has 25 heavy (non-hydrogen) atoms. The number of hydrogen-bond acceptors (Lipinski definition) is 6. The first-order valence-corrected chi connectivity index (χ1v) is 11.5. The number of sulfone groups is 1. The number of rotatable bonds is 5. The zero-order valence-corrected chi connectivity index (χ0v) is 16.1. The van der Waals surface area contributed by atoms with Crippen LogP contribution in [0.1, 0.15) is 15.9 Å². The molecule has 1 N–H and O–H groups in total. The summed E-state index contributed by atoms with van der Waals surface area (Å²) in [5.41, 5.74) is 2.76. The van der Waals surface area contributed by atoms with Crippen LogP contribution in [0.2, 0.25) is 0 Å². The highest BCUT2D eigenvalue weighted by atomic mass is 32.2. The fraction of sp³-hybridized carbons (Fsp3) is 0.176. The molecule has 0 aliphatic carbocycles. The van der Waals surface area contributed by atoms with E-state index in [0.717, 1.165) is 14.6 Å². The number of carbonyl (C=O) groups excluding carboxylic acids is 1. The Morgan fingerprint density at radius 3 is 2.56 bits per heavy atom. The molecule has 2 aromatic carbocycles. The second-order valence-corrected chi connectivity index (χ2v) is 9.81. The first kappa shape index (κ1) is 17.9. The van der Waals surface area contributed by atoms with Gasteiger partial charge in [-0.15, -0.1) is 11.3 Å². The van der Waals surface area contributed by atoms with E-state index in [1.54, 1.807) is 47.4 Å². The predicted octanol–water partition coefficient (Wildman–Crippen LogP) is 3.82. The molecule has 5 nitrogen and oxygen atoms in total. The molecule has 130 valence electrons. The van der Waals surface area contributed by atoms with Crippen LogP contribution in [0.3, 0.4) is 0 Å². The van der Waals surface area contributed by atoms with Crippen LogP contribution in [0, 0.1) is 0 Å². The number of thiazole rings is 1. The van der Waals surface area contributed by atoms with Crippen molar-refractivity contribution in [3.05, 3.63) is 53.6 Å². The molecule has 1 heterocycles. The Labute approximate surface area is 154 Å². The van der Waals surface area contributed by atoms with E-state index in [0.29, 0.717) is 16.8 Å². The predicted molar refractivity (Wildman–Crippen MR) is 104 cm³/mol. The Hall–Kier alpha value is -1.90. The van der Waals surface area contributed by atoms with Gasteiger partial charge >= 0.3 is 0 Å². The van der Waals surface area contributed by atoms with Crippen LogP contribution in [0.5, 0.6) is 0 Å². The summed E-state index contributed by atoms with van der Waals surface area (Å²) in [6.07, 6.45) is 3.17. The number of amides is 1. The highest BCUT2D eigenvalue weighted by molar-refractivity contribution is 8.00. The van der Waals surface area contributed by atoms with Crippen LogP contribution in [-0.4, -0.2) is 31.8 Å². The maximum atomic E-state index is 12.4. The van der Waals surface area contributed by atoms with Gasteiger partial charge in [0.1, 0.15) is 0 Å². The van der Waals surface area contributed by atoms with Gasteiger partial charge in [-0.25, -0.2) is 13.4 Å². The van der Waals surface area contributed by atoms with Gasteiger partial charge in [0.05, 0.1) is 16.0 Å². The van der Waals surface area contributed by atoms with Crippen LogP contribution >= 0.6 is 23.1 Å². The number of fused-ring (bicyclic) bond motifs is 1. The molecule has 0 saturated carbocycles. The highest BCUT2D eigenvalue weighted by Gasteiger charge is 2.10. The van der Waals surface area contributed by atoms with Crippen LogP contribution in [0.4, 0.5) is 5.69 Å². The lowest BCUT2D eigenvalue weighted by Crippen LogP contribution is -2.12. The van der Waals surface area contributed by atoms with Crippen molar-refractivity contribution in [1.82, 2.24) is 4.98 Å². The van der Waals surface area contributed by atoms with Crippen LogP contribution in [0.15, 0.2) is 46.8 Å². The minimum atomic E-state index is -3.09. The van der Waals surface area contributed by atoms with Crippen molar-refractivity contribution in [2.45, 2.75) is 10.1 Å². The Bertz CT molecular complexity index is 1020. The van der Waals surface area contributed by atoms with Gasteiger partial charge in [-0.3, -0.25) is 4.79 Å². The standard InChI is InChI=1S/C17H16N2O3S3/c1-23-17-19-14-8-7-13(9-15(14)24-17)18-16(20)12-5-3-11(4-6-12)10-25(2,21)22/h3-9H,10H2,1-2H3,(H,18,20). The Kier molecular flexibility index (Phi) is 5.12. The van der Waals surface area contributed by atoms with E-state index in [-0.39, 0.29) is 11.7 Å². The van der Waals surface area contributed by atoms with Crippen LogP contribution < -0.4 is 5.32 Å². The average Bonchev–Trinajstić information content (AvgIpc) is 2.96. The topological polar surface area (TPSA) is 76.1 Å². The summed E-state index contributed by atoms with van der Waals surface area (Å²) in [5.74, 6) is -0.269. The largest absolute Gasteiger partial charge is 0.322 e. The second-order valence-electron chi connectivity index (χ2n) is 5.59. The Balaban J connectivity index is 1.75. The van der Waals surface area contributed by atoms with Gasteiger partial charge in [0, 0.05) is 17.5 Å². The van der Waals surface area contributed by atoms with Gasteiger partial charge in [0.2, 0.25) is 0 Å². The lowest BCUT2D eigenvalue weighted by atomic mass is 10.1. The highest BCUT2D eigenvalue weighted by Crippen LogP contribution is 2.30. The molecule has 0 bridgehead atoms. The molecule has 0 unspecified atom stereocenters. The van der Waals surface area contributed by atoms with E-state index < -0.39 is 9.84 Å². The molecule has 1 amide bonds. The lowest BCUT2D eigenvalue weighted by Gasteiger charge is -2.06. The van der Waals surface area contributed by atoms with Gasteiger partial charge < -0.3 is 5.32 Å². The summed E-state index contributed by atoms with van der Waals surface area (Å²) in [4.78, 5) is 16.8. The SMILES string of the molecule is CSc1nc2ccc(NC(=O)c3ccc(CS(C)(=O)=O)cc3)cc2s1. The Morgan fingerprint density at radius 1 is 1.20 bits per heavy atom. The van der Waals surface area contributed by atoms with Crippen molar-refractivity contribution in [3.8, 4) is 0 Å². The second kappa shape index (κ2) is 7.15. The van der Waals surface area contributed by atoms with E-state index in [1.807, 2.05) is 24.5 Å². The number of nitrogens with zero attached hydrogens (tertiary/aromatic N) is 1. The quantitative estimate of drug-likeness (QED) is 0.668. The molecular weight excluding hydrogens is 376 g/mol. The van der Waals surface area contributed by atoms with Crippen molar-refractivity contribution in [1.29, 1.82) is 0 Å². The number of aromatic nitrogens is 1. The summed E-state index contributed by atoms with van der Waals surface area (Å²) in [5, 5.41) is 2.86. The van der Waals surface area contributed by atoms with Gasteiger partial charge in [-0.1, -0.05) is 23.9 Å². The maximum Gasteiger partial charge on any atom is 0.255 e. The van der Waals surface area contributed by atoms with Crippen molar-refractivity contribution in [3.63, 3.8) is 0 Å². The van der Waals surface area contributed by atoms with Crippen molar-refractivity contribution >= 4 is 54.7 Å². The molecule has 0 spiro atoms. The summed E-state index contributed by atoms with van der Waals surface area (Å²) >= 11 is 3.18. The number of anilines is 1. The summed E-state index contributed by atoms with van der Waals surface area (Å²) in [7, 11) is -3.09. The number of thioether (sulfide) groups is 1. The fourth-order valence-electron chi connectivity index (χ4n) is 2.33. The third-order valence-corrected chi connectivity index (χ3v) is 6.31. The minimum Gasteiger partial charge on any atom is -0.322 e. The number of nitrogens with one attached hydrogen (secondary N) is 1. The number of carbonyl (C=O) groups is 1. The average molecular weight is 393 g/mol. The molecule has 8 heteroatoms. The van der Waals surface area contributed by atoms with Crippen LogP contribution in [0.25, 0.3) is 10.2 Å². The van der Waals surface area contributed by atoms with Crippen molar-refractivity contribution in [2.24, 2.45) is 0 Å². The normalized spacial score (nSPS) is 11.6. The first-order chi connectivity index (χ1) is 11.8. The molecule has 0 aliphatic rings. The Morgan fingerprint density at radius 2 is 1.92 bits per heavy atom. The van der Waals surface area contributed by atoms with Crippen LogP contribution in [-0.2, 0) is 15.6 Å². The van der Waals surface area contributed by atoms with Gasteiger partial charge in [0.25, 0.3) is 5.91 Å². The van der Waals surface area contributed by atoms with E-state index in [9.17, 15) is 13.2 Å². The third kappa shape index (κ3) is 4.59. The van der Waals surface area contributed by atoms with Gasteiger partial charge in [-0.05, 0) is 42.2 Å². The van der Waals surface area contributed by atoms with Crippen molar-refractivity contribution < 1.29 is 13.2 Å². The maximum absolute atomic E-state index is 12.4. The monoisotopic (exact) mass is 392 g/mol. The number of benzene rings is 2. The molecule has 0 fully saturated rings. The third-order valence-electron chi connectivity index (χ3n) is 3.45. The lowest BCUT2D eigenvalue weighted by molar-refractivity contribution is 0.102. The number of hydrogen-bond donors (Lipinski definition) is 1. The van der Waals surface area contributed by atoms with E-state index in [4.69, 9.17) is 0 Å². The molecule has 0 aliphatic heterocycles. The molecule has 0 saturated heterocycles. The van der Waals surface area contributed by atoms with Crippen molar-refractivity contribution in [2.75, 3.05) is 17.8 Å². The van der Waals surface area contributed by atoms with Gasteiger partial charge in [-0.2, -0.15) is 0 Å². The minimum absolute atomic E-state index is 0.0330. The van der Waals surface area contributed by atoms with E-state index in [2.05, 4.69) is 10.3 Å². The molecule has 1 aromatic heterocycles. The molecule has 3 rings (SSSR count). The first-order valence-electron chi connectivity index (χ1n) is 7.37. The molecule has 0 radical (unpaired) electrons. The zero-order valence-electron chi connectivity index (χ0n) is 13.6.